The number of fused-ring (bicyclic) bond motifs is 1. The van der Waals surface area contributed by atoms with Crippen LogP contribution in [0, 0.1) is 0 Å². The highest BCUT2D eigenvalue weighted by Crippen LogP contribution is 2.20. The summed E-state index contributed by atoms with van der Waals surface area (Å²) in [5.41, 5.74) is 1.24. The molecule has 4 nitrogen and oxygen atoms in total. The number of ether oxygens (including phenoxy) is 1. The molecule has 0 aliphatic rings. The number of alkyl halides is 1. The van der Waals surface area contributed by atoms with Crippen molar-refractivity contribution >= 4 is 10.9 Å². The maximum Gasteiger partial charge on any atom is 0.259 e. The number of nitrogens with zero attached hydrogens (tertiary/aromatic N) is 1. The van der Waals surface area contributed by atoms with E-state index in [1.165, 1.54) is 0 Å². The van der Waals surface area contributed by atoms with Crippen molar-refractivity contribution in [2.75, 3.05) is 13.3 Å². The molecule has 0 aliphatic carbocycles. The van der Waals surface area contributed by atoms with Crippen LogP contribution in [0.4, 0.5) is 4.39 Å². The van der Waals surface area contributed by atoms with Crippen LogP contribution in [0.25, 0.3) is 22.3 Å². The fourth-order valence-corrected chi connectivity index (χ4v) is 2.09. The van der Waals surface area contributed by atoms with E-state index >= 15 is 0 Å². The van der Waals surface area contributed by atoms with E-state index in [1.54, 1.807) is 42.5 Å². The van der Waals surface area contributed by atoms with Crippen LogP contribution in [0.3, 0.4) is 0 Å². The molecule has 0 atom stereocenters. The molecule has 21 heavy (non-hydrogen) atoms. The average Bonchev–Trinajstić information content (AvgIpc) is 2.53. The SMILES string of the molecule is O=c1[nH]c(-c2ccc(OCCF)cc2)nc2ccccc12. The number of benzene rings is 2. The minimum Gasteiger partial charge on any atom is -0.491 e. The van der Waals surface area contributed by atoms with Crippen molar-refractivity contribution in [1.82, 2.24) is 9.97 Å². The molecule has 3 aromatic rings. The third kappa shape index (κ3) is 2.76. The molecule has 0 saturated heterocycles. The zero-order valence-electron chi connectivity index (χ0n) is 11.2. The van der Waals surface area contributed by atoms with Gasteiger partial charge in [0.15, 0.2) is 0 Å². The molecule has 1 N–H and O–H groups in total. The minimum atomic E-state index is -0.526. The molecule has 0 aliphatic heterocycles. The van der Waals surface area contributed by atoms with Gasteiger partial charge in [-0.05, 0) is 36.4 Å². The standard InChI is InChI=1S/C16H13FN2O2/c17-9-10-21-12-7-5-11(6-8-12)15-18-14-4-2-1-3-13(14)16(20)19-15/h1-8H,9-10H2,(H,18,19,20). The summed E-state index contributed by atoms with van der Waals surface area (Å²) in [6.07, 6.45) is 0. The summed E-state index contributed by atoms with van der Waals surface area (Å²) in [4.78, 5) is 19.2. The molecule has 0 unspecified atom stereocenters. The number of aromatic amines is 1. The lowest BCUT2D eigenvalue weighted by Crippen LogP contribution is -2.09. The monoisotopic (exact) mass is 284 g/mol. The van der Waals surface area contributed by atoms with Gasteiger partial charge in [-0.15, -0.1) is 0 Å². The summed E-state index contributed by atoms with van der Waals surface area (Å²) >= 11 is 0. The van der Waals surface area contributed by atoms with E-state index in [9.17, 15) is 9.18 Å². The van der Waals surface area contributed by atoms with Gasteiger partial charge < -0.3 is 9.72 Å². The Balaban J connectivity index is 1.98. The Hall–Kier alpha value is -2.69. The third-order valence-corrected chi connectivity index (χ3v) is 3.09. The molecular formula is C16H13FN2O2. The van der Waals surface area contributed by atoms with Gasteiger partial charge in [-0.1, -0.05) is 12.1 Å². The Morgan fingerprint density at radius 2 is 1.86 bits per heavy atom. The van der Waals surface area contributed by atoms with Gasteiger partial charge in [-0.3, -0.25) is 4.79 Å². The average molecular weight is 284 g/mol. The van der Waals surface area contributed by atoms with E-state index in [4.69, 9.17) is 4.74 Å². The Morgan fingerprint density at radius 1 is 1.10 bits per heavy atom. The van der Waals surface area contributed by atoms with Gasteiger partial charge in [-0.2, -0.15) is 0 Å². The lowest BCUT2D eigenvalue weighted by atomic mass is 10.2. The van der Waals surface area contributed by atoms with E-state index in [2.05, 4.69) is 9.97 Å². The summed E-state index contributed by atoms with van der Waals surface area (Å²) < 4.78 is 17.2. The number of aromatic nitrogens is 2. The van der Waals surface area contributed by atoms with Crippen LogP contribution in [0.15, 0.2) is 53.3 Å². The van der Waals surface area contributed by atoms with Crippen molar-refractivity contribution in [3.8, 4) is 17.1 Å². The number of rotatable bonds is 4. The number of halogens is 1. The van der Waals surface area contributed by atoms with Crippen molar-refractivity contribution < 1.29 is 9.13 Å². The van der Waals surface area contributed by atoms with Gasteiger partial charge in [0.25, 0.3) is 5.56 Å². The van der Waals surface area contributed by atoms with Crippen LogP contribution >= 0.6 is 0 Å². The van der Waals surface area contributed by atoms with Crippen LogP contribution < -0.4 is 10.3 Å². The van der Waals surface area contributed by atoms with Crippen molar-refractivity contribution in [3.05, 3.63) is 58.9 Å². The second-order valence-electron chi connectivity index (χ2n) is 4.49. The summed E-state index contributed by atoms with van der Waals surface area (Å²) in [6.45, 7) is -0.494. The zero-order chi connectivity index (χ0) is 14.7. The molecule has 0 fully saturated rings. The van der Waals surface area contributed by atoms with E-state index in [0.717, 1.165) is 5.56 Å². The molecule has 0 spiro atoms. The van der Waals surface area contributed by atoms with Gasteiger partial charge >= 0.3 is 0 Å². The van der Waals surface area contributed by atoms with Crippen molar-refractivity contribution in [2.24, 2.45) is 0 Å². The number of hydrogen-bond donors (Lipinski definition) is 1. The van der Waals surface area contributed by atoms with Gasteiger partial charge in [0.1, 0.15) is 24.9 Å². The molecule has 0 bridgehead atoms. The Morgan fingerprint density at radius 3 is 2.62 bits per heavy atom. The number of para-hydroxylation sites is 1. The molecular weight excluding hydrogens is 271 g/mol. The lowest BCUT2D eigenvalue weighted by Gasteiger charge is -2.06. The highest BCUT2D eigenvalue weighted by molar-refractivity contribution is 5.79. The van der Waals surface area contributed by atoms with Crippen molar-refractivity contribution in [3.63, 3.8) is 0 Å². The van der Waals surface area contributed by atoms with E-state index < -0.39 is 6.67 Å². The van der Waals surface area contributed by atoms with Gasteiger partial charge in [0.05, 0.1) is 10.9 Å². The minimum absolute atomic E-state index is 0.0321. The first-order valence-corrected chi connectivity index (χ1v) is 6.56. The first-order chi connectivity index (χ1) is 10.3. The highest BCUT2D eigenvalue weighted by atomic mass is 19.1. The fourth-order valence-electron chi connectivity index (χ4n) is 2.09. The van der Waals surface area contributed by atoms with Crippen molar-refractivity contribution in [1.29, 1.82) is 0 Å². The predicted octanol–water partition coefficient (Wildman–Crippen LogP) is 2.94. The maximum atomic E-state index is 12.0. The molecule has 5 heteroatoms. The predicted molar refractivity (Wildman–Crippen MR) is 79.3 cm³/mol. The van der Waals surface area contributed by atoms with Gasteiger partial charge in [0, 0.05) is 5.56 Å². The largest absolute Gasteiger partial charge is 0.491 e. The lowest BCUT2D eigenvalue weighted by molar-refractivity contribution is 0.273. The quantitative estimate of drug-likeness (QED) is 0.801. The Kier molecular flexibility index (Phi) is 3.64. The van der Waals surface area contributed by atoms with Gasteiger partial charge in [-0.25, -0.2) is 9.37 Å². The normalized spacial score (nSPS) is 10.7. The Labute approximate surface area is 120 Å². The highest BCUT2D eigenvalue weighted by Gasteiger charge is 2.05. The molecule has 3 rings (SSSR count). The molecule has 1 heterocycles. The number of nitrogens with one attached hydrogen (secondary N) is 1. The molecule has 2 aromatic carbocycles. The van der Waals surface area contributed by atoms with Crippen LogP contribution in [-0.2, 0) is 0 Å². The van der Waals surface area contributed by atoms with Crippen LogP contribution in [-0.4, -0.2) is 23.2 Å². The van der Waals surface area contributed by atoms with E-state index in [0.29, 0.717) is 22.5 Å². The third-order valence-electron chi connectivity index (χ3n) is 3.09. The van der Waals surface area contributed by atoms with E-state index in [-0.39, 0.29) is 12.2 Å². The second-order valence-corrected chi connectivity index (χ2v) is 4.49. The Bertz CT molecular complexity index is 812. The molecule has 0 amide bonds. The fraction of sp³-hybridized carbons (Fsp3) is 0.125. The van der Waals surface area contributed by atoms with E-state index in [1.807, 2.05) is 6.07 Å². The first kappa shape index (κ1) is 13.3. The molecule has 1 aromatic heterocycles. The summed E-state index contributed by atoms with van der Waals surface area (Å²) in [7, 11) is 0. The van der Waals surface area contributed by atoms with Crippen LogP contribution in [0.5, 0.6) is 5.75 Å². The van der Waals surface area contributed by atoms with Crippen LogP contribution in [0.2, 0.25) is 0 Å². The second kappa shape index (κ2) is 5.75. The molecule has 106 valence electrons. The smallest absolute Gasteiger partial charge is 0.259 e. The molecule has 0 saturated carbocycles. The zero-order valence-corrected chi connectivity index (χ0v) is 11.2. The molecule has 0 radical (unpaired) electrons. The van der Waals surface area contributed by atoms with Gasteiger partial charge in [0.2, 0.25) is 0 Å². The van der Waals surface area contributed by atoms with Crippen molar-refractivity contribution in [2.45, 2.75) is 0 Å². The summed E-state index contributed by atoms with van der Waals surface area (Å²) in [5.74, 6) is 1.08. The number of hydrogen-bond acceptors (Lipinski definition) is 3. The number of H-pyrrole nitrogens is 1. The first-order valence-electron chi connectivity index (χ1n) is 6.56. The summed E-state index contributed by atoms with van der Waals surface area (Å²) in [6, 6.07) is 14.2. The summed E-state index contributed by atoms with van der Waals surface area (Å²) in [5, 5.41) is 0.559. The maximum absolute atomic E-state index is 12.0. The van der Waals surface area contributed by atoms with Crippen LogP contribution in [0.1, 0.15) is 0 Å². The topological polar surface area (TPSA) is 55.0 Å².